The number of rotatable bonds is 4. The third-order valence-corrected chi connectivity index (χ3v) is 4.98. The summed E-state index contributed by atoms with van der Waals surface area (Å²) in [6.45, 7) is 1.51. The van der Waals surface area contributed by atoms with Crippen LogP contribution in [-0.4, -0.2) is 50.4 Å². The molecule has 1 amide bonds. The van der Waals surface area contributed by atoms with Crippen molar-refractivity contribution in [3.63, 3.8) is 0 Å². The summed E-state index contributed by atoms with van der Waals surface area (Å²) >= 11 is 0. The number of hydrogen-bond donors (Lipinski definition) is 1. The number of amides is 1. The molecule has 1 aromatic rings. The van der Waals surface area contributed by atoms with E-state index in [4.69, 9.17) is 5.26 Å². The van der Waals surface area contributed by atoms with Crippen LogP contribution in [0.1, 0.15) is 12.0 Å². The second-order valence-electron chi connectivity index (χ2n) is 4.98. The Hall–Kier alpha value is -1.91. The smallest absolute Gasteiger partial charge is 0.225 e. The lowest BCUT2D eigenvalue weighted by atomic mass is 10.2. The van der Waals surface area contributed by atoms with E-state index in [1.54, 1.807) is 24.3 Å². The molecule has 0 aliphatic carbocycles. The average molecular weight is 307 g/mol. The molecule has 1 fully saturated rings. The van der Waals surface area contributed by atoms with Crippen LogP contribution < -0.4 is 5.32 Å². The zero-order chi connectivity index (χ0) is 15.3. The Bertz CT molecular complexity index is 650. The minimum Gasteiger partial charge on any atom is -0.326 e. The van der Waals surface area contributed by atoms with Crippen LogP contribution in [0.2, 0.25) is 0 Å². The van der Waals surface area contributed by atoms with Gasteiger partial charge < -0.3 is 10.2 Å². The summed E-state index contributed by atoms with van der Waals surface area (Å²) in [5.41, 5.74) is 1.09. The van der Waals surface area contributed by atoms with Gasteiger partial charge in [0.05, 0.1) is 23.1 Å². The molecule has 0 aromatic heterocycles. The number of anilines is 1. The number of nitriles is 1. The maximum Gasteiger partial charge on any atom is 0.225 e. The summed E-state index contributed by atoms with van der Waals surface area (Å²) in [7, 11) is -2.88. The Balaban J connectivity index is 1.79. The van der Waals surface area contributed by atoms with Gasteiger partial charge >= 0.3 is 0 Å². The summed E-state index contributed by atoms with van der Waals surface area (Å²) in [5.74, 6) is 0.191. The summed E-state index contributed by atoms with van der Waals surface area (Å²) in [5, 5.41) is 11.5. The lowest BCUT2D eigenvalue weighted by Gasteiger charge is -2.26. The molecular formula is C14H17N3O3S. The van der Waals surface area contributed by atoms with E-state index in [0.29, 0.717) is 37.3 Å². The molecule has 0 unspecified atom stereocenters. The average Bonchev–Trinajstić information content (AvgIpc) is 2.46. The van der Waals surface area contributed by atoms with Crippen molar-refractivity contribution >= 4 is 21.4 Å². The van der Waals surface area contributed by atoms with Crippen LogP contribution in [0.5, 0.6) is 0 Å². The highest BCUT2D eigenvalue weighted by Crippen LogP contribution is 2.10. The Morgan fingerprint density at radius 3 is 2.71 bits per heavy atom. The maximum atomic E-state index is 11.8. The van der Waals surface area contributed by atoms with Gasteiger partial charge in [-0.15, -0.1) is 0 Å². The highest BCUT2D eigenvalue weighted by molar-refractivity contribution is 7.91. The molecule has 2 rings (SSSR count). The fourth-order valence-electron chi connectivity index (χ4n) is 2.12. The van der Waals surface area contributed by atoms with Crippen molar-refractivity contribution in [3.05, 3.63) is 29.8 Å². The fraction of sp³-hybridized carbons (Fsp3) is 0.429. The van der Waals surface area contributed by atoms with Crippen LogP contribution in [0.3, 0.4) is 0 Å². The van der Waals surface area contributed by atoms with Gasteiger partial charge in [-0.1, -0.05) is 6.07 Å². The van der Waals surface area contributed by atoms with Crippen molar-refractivity contribution in [2.24, 2.45) is 0 Å². The molecule has 1 heterocycles. The number of nitrogens with one attached hydrogen (secondary N) is 1. The number of nitrogens with zero attached hydrogens (tertiary/aromatic N) is 2. The highest BCUT2D eigenvalue weighted by Gasteiger charge is 2.21. The van der Waals surface area contributed by atoms with Crippen LogP contribution in [-0.2, 0) is 14.6 Å². The SMILES string of the molecule is N#Cc1cccc(NC(=O)CCN2CCS(=O)(=O)CC2)c1. The largest absolute Gasteiger partial charge is 0.326 e. The van der Waals surface area contributed by atoms with Crippen molar-refractivity contribution in [2.75, 3.05) is 36.5 Å². The third kappa shape index (κ3) is 4.85. The Labute approximate surface area is 124 Å². The van der Waals surface area contributed by atoms with E-state index in [9.17, 15) is 13.2 Å². The molecule has 1 aliphatic rings. The number of carbonyl (C=O) groups is 1. The number of benzene rings is 1. The van der Waals surface area contributed by atoms with Crippen LogP contribution in [0, 0.1) is 11.3 Å². The van der Waals surface area contributed by atoms with E-state index in [2.05, 4.69) is 5.32 Å². The molecule has 1 aliphatic heterocycles. The van der Waals surface area contributed by atoms with Gasteiger partial charge in [-0.2, -0.15) is 5.26 Å². The molecular weight excluding hydrogens is 290 g/mol. The van der Waals surface area contributed by atoms with Crippen LogP contribution in [0.4, 0.5) is 5.69 Å². The molecule has 7 heteroatoms. The van der Waals surface area contributed by atoms with E-state index >= 15 is 0 Å². The van der Waals surface area contributed by atoms with Gasteiger partial charge in [0.1, 0.15) is 0 Å². The molecule has 1 N–H and O–H groups in total. The maximum absolute atomic E-state index is 11.8. The number of hydrogen-bond acceptors (Lipinski definition) is 5. The number of carbonyl (C=O) groups excluding carboxylic acids is 1. The van der Waals surface area contributed by atoms with Gasteiger partial charge in [-0.05, 0) is 18.2 Å². The van der Waals surface area contributed by atoms with Gasteiger partial charge in [0, 0.05) is 31.7 Å². The summed E-state index contributed by atoms with van der Waals surface area (Å²) in [4.78, 5) is 13.8. The molecule has 0 radical (unpaired) electrons. The molecule has 0 spiro atoms. The van der Waals surface area contributed by atoms with Crippen molar-refractivity contribution in [2.45, 2.75) is 6.42 Å². The standard InChI is InChI=1S/C14H17N3O3S/c15-11-12-2-1-3-13(10-12)16-14(18)4-5-17-6-8-21(19,20)9-7-17/h1-3,10H,4-9H2,(H,16,18). The van der Waals surface area contributed by atoms with Crippen molar-refractivity contribution in [3.8, 4) is 6.07 Å². The van der Waals surface area contributed by atoms with E-state index in [-0.39, 0.29) is 17.4 Å². The van der Waals surface area contributed by atoms with E-state index in [1.165, 1.54) is 0 Å². The van der Waals surface area contributed by atoms with Crippen LogP contribution in [0.15, 0.2) is 24.3 Å². The number of sulfone groups is 1. The molecule has 1 saturated heterocycles. The Morgan fingerprint density at radius 1 is 1.33 bits per heavy atom. The normalized spacial score (nSPS) is 17.9. The molecule has 112 valence electrons. The van der Waals surface area contributed by atoms with Crippen molar-refractivity contribution < 1.29 is 13.2 Å². The Morgan fingerprint density at radius 2 is 2.05 bits per heavy atom. The van der Waals surface area contributed by atoms with Gasteiger partial charge in [0.25, 0.3) is 0 Å². The fourth-order valence-corrected chi connectivity index (χ4v) is 3.40. The highest BCUT2D eigenvalue weighted by atomic mass is 32.2. The summed E-state index contributed by atoms with van der Waals surface area (Å²) in [6.07, 6.45) is 0.302. The molecule has 6 nitrogen and oxygen atoms in total. The van der Waals surface area contributed by atoms with Crippen molar-refractivity contribution in [1.29, 1.82) is 5.26 Å². The quantitative estimate of drug-likeness (QED) is 0.880. The van der Waals surface area contributed by atoms with Gasteiger partial charge in [-0.3, -0.25) is 4.79 Å². The van der Waals surface area contributed by atoms with Gasteiger partial charge in [0.2, 0.25) is 5.91 Å². The third-order valence-electron chi connectivity index (χ3n) is 3.37. The zero-order valence-corrected chi connectivity index (χ0v) is 12.4. The van der Waals surface area contributed by atoms with E-state index < -0.39 is 9.84 Å². The van der Waals surface area contributed by atoms with Gasteiger partial charge in [-0.25, -0.2) is 8.42 Å². The van der Waals surface area contributed by atoms with Crippen LogP contribution in [0.25, 0.3) is 0 Å². The molecule has 0 atom stereocenters. The molecule has 0 saturated carbocycles. The first kappa shape index (κ1) is 15.5. The predicted molar refractivity (Wildman–Crippen MR) is 79.5 cm³/mol. The minimum atomic E-state index is -2.88. The Kier molecular flexibility index (Phi) is 4.94. The molecule has 21 heavy (non-hydrogen) atoms. The predicted octanol–water partition coefficient (Wildman–Crippen LogP) is 0.617. The van der Waals surface area contributed by atoms with Gasteiger partial charge in [0.15, 0.2) is 9.84 Å². The first-order chi connectivity index (χ1) is 9.98. The second kappa shape index (κ2) is 6.70. The van der Waals surface area contributed by atoms with E-state index in [1.807, 2.05) is 11.0 Å². The molecule has 1 aromatic carbocycles. The topological polar surface area (TPSA) is 90.3 Å². The lowest BCUT2D eigenvalue weighted by Crippen LogP contribution is -2.41. The first-order valence-corrected chi connectivity index (χ1v) is 8.53. The van der Waals surface area contributed by atoms with Crippen LogP contribution >= 0.6 is 0 Å². The van der Waals surface area contributed by atoms with Crippen molar-refractivity contribution in [1.82, 2.24) is 4.90 Å². The lowest BCUT2D eigenvalue weighted by molar-refractivity contribution is -0.116. The first-order valence-electron chi connectivity index (χ1n) is 6.71. The van der Waals surface area contributed by atoms with E-state index in [0.717, 1.165) is 0 Å². The summed E-state index contributed by atoms with van der Waals surface area (Å²) < 4.78 is 22.6. The molecule has 0 bridgehead atoms. The zero-order valence-electron chi connectivity index (χ0n) is 11.6. The second-order valence-corrected chi connectivity index (χ2v) is 7.29. The monoisotopic (exact) mass is 307 g/mol. The summed E-state index contributed by atoms with van der Waals surface area (Å²) in [6, 6.07) is 8.74. The minimum absolute atomic E-state index is 0.140.